The van der Waals surface area contributed by atoms with Crippen LogP contribution >= 0.6 is 11.8 Å². The van der Waals surface area contributed by atoms with Crippen molar-refractivity contribution in [2.75, 3.05) is 11.5 Å². The van der Waals surface area contributed by atoms with Crippen molar-refractivity contribution in [3.63, 3.8) is 0 Å². The predicted octanol–water partition coefficient (Wildman–Crippen LogP) is 0.563. The van der Waals surface area contributed by atoms with Crippen LogP contribution in [-0.2, 0) is 0 Å². The van der Waals surface area contributed by atoms with Gasteiger partial charge in [0, 0.05) is 11.5 Å². The predicted molar refractivity (Wildman–Crippen MR) is 45.8 cm³/mol. The van der Waals surface area contributed by atoms with Gasteiger partial charge >= 0.3 is 6.03 Å². The van der Waals surface area contributed by atoms with Gasteiger partial charge in [-0.15, -0.1) is 0 Å². The molecular weight excluding hydrogens is 160 g/mol. The molecule has 0 aliphatic carbocycles. The third kappa shape index (κ3) is 0.788. The van der Waals surface area contributed by atoms with E-state index < -0.39 is 0 Å². The number of carbonyl (C=O) groups is 1. The molecule has 62 valence electrons. The van der Waals surface area contributed by atoms with E-state index in [1.54, 1.807) is 0 Å². The number of urea groups is 1. The SMILES string of the molecule is CC12CSC[C@@]1(C)NC(=O)N2. The van der Waals surface area contributed by atoms with Crippen LogP contribution in [0.1, 0.15) is 13.8 Å². The van der Waals surface area contributed by atoms with Crippen molar-refractivity contribution >= 4 is 17.8 Å². The molecule has 2 heterocycles. The van der Waals surface area contributed by atoms with Gasteiger partial charge in [0.15, 0.2) is 0 Å². The summed E-state index contributed by atoms with van der Waals surface area (Å²) >= 11 is 1.89. The third-order valence-corrected chi connectivity index (χ3v) is 4.34. The van der Waals surface area contributed by atoms with E-state index in [2.05, 4.69) is 24.5 Å². The van der Waals surface area contributed by atoms with Crippen molar-refractivity contribution in [1.82, 2.24) is 10.6 Å². The van der Waals surface area contributed by atoms with Gasteiger partial charge in [-0.05, 0) is 13.8 Å². The summed E-state index contributed by atoms with van der Waals surface area (Å²) in [5.41, 5.74) is -0.0660. The van der Waals surface area contributed by atoms with E-state index in [0.717, 1.165) is 11.5 Å². The number of carbonyl (C=O) groups excluding carboxylic acids is 1. The zero-order valence-electron chi connectivity index (χ0n) is 6.73. The summed E-state index contributed by atoms with van der Waals surface area (Å²) in [6, 6.07) is -0.0182. The van der Waals surface area contributed by atoms with Crippen molar-refractivity contribution in [2.45, 2.75) is 24.9 Å². The summed E-state index contributed by atoms with van der Waals surface area (Å²) in [6.45, 7) is 4.20. The Bertz CT molecular complexity index is 200. The molecule has 0 saturated carbocycles. The van der Waals surface area contributed by atoms with Crippen LogP contribution in [0, 0.1) is 0 Å². The van der Waals surface area contributed by atoms with E-state index in [4.69, 9.17) is 0 Å². The Morgan fingerprint density at radius 2 is 1.73 bits per heavy atom. The van der Waals surface area contributed by atoms with Crippen LogP contribution in [0.3, 0.4) is 0 Å². The van der Waals surface area contributed by atoms with Gasteiger partial charge in [0.25, 0.3) is 0 Å². The van der Waals surface area contributed by atoms with Gasteiger partial charge in [-0.1, -0.05) is 0 Å². The van der Waals surface area contributed by atoms with E-state index >= 15 is 0 Å². The molecule has 2 atom stereocenters. The maximum Gasteiger partial charge on any atom is 0.315 e. The fourth-order valence-electron chi connectivity index (χ4n) is 1.66. The Balaban J connectivity index is 2.35. The third-order valence-electron chi connectivity index (χ3n) is 2.78. The van der Waals surface area contributed by atoms with Crippen molar-refractivity contribution in [3.8, 4) is 0 Å². The lowest BCUT2D eigenvalue weighted by Crippen LogP contribution is -2.55. The van der Waals surface area contributed by atoms with Crippen LogP contribution in [0.15, 0.2) is 0 Å². The molecule has 2 aliphatic heterocycles. The second-order valence-electron chi connectivity index (χ2n) is 3.74. The Labute approximate surface area is 70.3 Å². The molecule has 0 aromatic rings. The second-order valence-corrected chi connectivity index (χ2v) is 4.72. The zero-order valence-corrected chi connectivity index (χ0v) is 7.55. The van der Waals surface area contributed by atoms with Gasteiger partial charge in [0.05, 0.1) is 11.1 Å². The average Bonchev–Trinajstić information content (AvgIpc) is 2.16. The largest absolute Gasteiger partial charge is 0.330 e. The van der Waals surface area contributed by atoms with Gasteiger partial charge in [0.1, 0.15) is 0 Å². The quantitative estimate of drug-likeness (QED) is 0.524. The first-order valence-corrected chi connectivity index (χ1v) is 4.89. The zero-order chi connectivity index (χ0) is 8.11. The maximum absolute atomic E-state index is 11.0. The number of hydrogen-bond acceptors (Lipinski definition) is 2. The second kappa shape index (κ2) is 1.86. The maximum atomic E-state index is 11.0. The first-order chi connectivity index (χ1) is 5.06. The number of amides is 2. The highest BCUT2D eigenvalue weighted by atomic mass is 32.2. The van der Waals surface area contributed by atoms with E-state index in [1.807, 2.05) is 11.8 Å². The van der Waals surface area contributed by atoms with E-state index in [9.17, 15) is 4.79 Å². The molecule has 0 bridgehead atoms. The lowest BCUT2D eigenvalue weighted by Gasteiger charge is -2.30. The number of nitrogens with one attached hydrogen (secondary N) is 2. The molecule has 11 heavy (non-hydrogen) atoms. The molecular formula is C7H12N2OS. The van der Waals surface area contributed by atoms with Gasteiger partial charge in [-0.3, -0.25) is 0 Å². The number of fused-ring (bicyclic) bond motifs is 1. The Kier molecular flexibility index (Phi) is 1.23. The standard InChI is InChI=1S/C7H12N2OS/c1-6-3-11-4-7(6,2)9-5(10)8-6/h3-4H2,1-2H3,(H2,8,9,10)/t6-,7?/m1/s1. The Morgan fingerprint density at radius 3 is 2.18 bits per heavy atom. The monoisotopic (exact) mass is 172 g/mol. The molecule has 2 aliphatic rings. The molecule has 3 nitrogen and oxygen atoms in total. The fraction of sp³-hybridized carbons (Fsp3) is 0.857. The normalized spacial score (nSPS) is 48.4. The molecule has 2 amide bonds. The van der Waals surface area contributed by atoms with Crippen molar-refractivity contribution in [2.24, 2.45) is 0 Å². The molecule has 0 aromatic heterocycles. The van der Waals surface area contributed by atoms with Crippen molar-refractivity contribution in [1.29, 1.82) is 0 Å². The van der Waals surface area contributed by atoms with E-state index in [-0.39, 0.29) is 17.1 Å². The minimum atomic E-state index is -0.0330. The summed E-state index contributed by atoms with van der Waals surface area (Å²) < 4.78 is 0. The van der Waals surface area contributed by atoms with Crippen LogP contribution in [0.5, 0.6) is 0 Å². The molecule has 2 N–H and O–H groups in total. The molecule has 0 radical (unpaired) electrons. The topological polar surface area (TPSA) is 41.1 Å². The molecule has 2 rings (SSSR count). The molecule has 4 heteroatoms. The minimum absolute atomic E-state index is 0.0182. The Hall–Kier alpha value is -0.380. The molecule has 0 aromatic carbocycles. The van der Waals surface area contributed by atoms with Crippen molar-refractivity contribution in [3.05, 3.63) is 0 Å². The highest BCUT2D eigenvalue weighted by Gasteiger charge is 2.55. The van der Waals surface area contributed by atoms with Crippen molar-refractivity contribution < 1.29 is 4.79 Å². The average molecular weight is 172 g/mol. The number of thioether (sulfide) groups is 1. The van der Waals surface area contributed by atoms with Gasteiger partial charge in [0.2, 0.25) is 0 Å². The lowest BCUT2D eigenvalue weighted by molar-refractivity contribution is 0.245. The molecule has 2 saturated heterocycles. The summed E-state index contributed by atoms with van der Waals surface area (Å²) in [6.07, 6.45) is 0. The molecule has 0 spiro atoms. The summed E-state index contributed by atoms with van der Waals surface area (Å²) in [5, 5.41) is 5.92. The van der Waals surface area contributed by atoms with Crippen LogP contribution < -0.4 is 10.6 Å². The highest BCUT2D eigenvalue weighted by Crippen LogP contribution is 2.39. The highest BCUT2D eigenvalue weighted by molar-refractivity contribution is 7.99. The van der Waals surface area contributed by atoms with Crippen LogP contribution in [0.25, 0.3) is 0 Å². The van der Waals surface area contributed by atoms with E-state index in [0.29, 0.717) is 0 Å². The van der Waals surface area contributed by atoms with Gasteiger partial charge in [-0.2, -0.15) is 11.8 Å². The number of rotatable bonds is 0. The van der Waals surface area contributed by atoms with Crippen LogP contribution in [0.4, 0.5) is 4.79 Å². The molecule has 2 fully saturated rings. The van der Waals surface area contributed by atoms with Crippen LogP contribution in [-0.4, -0.2) is 28.6 Å². The summed E-state index contributed by atoms with van der Waals surface area (Å²) in [5.74, 6) is 2.03. The van der Waals surface area contributed by atoms with Gasteiger partial charge < -0.3 is 10.6 Å². The number of hydrogen-bond donors (Lipinski definition) is 2. The first-order valence-electron chi connectivity index (χ1n) is 3.74. The van der Waals surface area contributed by atoms with Gasteiger partial charge in [-0.25, -0.2) is 4.79 Å². The fourth-order valence-corrected chi connectivity index (χ4v) is 3.36. The van der Waals surface area contributed by atoms with Crippen LogP contribution in [0.2, 0.25) is 0 Å². The smallest absolute Gasteiger partial charge is 0.315 e. The van der Waals surface area contributed by atoms with E-state index in [1.165, 1.54) is 0 Å². The first kappa shape index (κ1) is 7.28. The molecule has 1 unspecified atom stereocenters. The lowest BCUT2D eigenvalue weighted by atomic mass is 9.85. The minimum Gasteiger partial charge on any atom is -0.330 e. The summed E-state index contributed by atoms with van der Waals surface area (Å²) in [7, 11) is 0. The Morgan fingerprint density at radius 1 is 1.27 bits per heavy atom. The summed E-state index contributed by atoms with van der Waals surface area (Å²) in [4.78, 5) is 11.0.